The number of carboxylic acids is 1. The van der Waals surface area contributed by atoms with E-state index in [1.54, 1.807) is 42.3 Å². The second-order valence-corrected chi connectivity index (χ2v) is 6.64. The minimum atomic E-state index is -1.08. The molecule has 1 aliphatic heterocycles. The number of rotatable bonds is 5. The van der Waals surface area contributed by atoms with Crippen LogP contribution in [-0.4, -0.2) is 47.6 Å². The normalized spacial score (nSPS) is 14.9. The number of para-hydroxylation sites is 1. The second-order valence-electron chi connectivity index (χ2n) is 5.47. The van der Waals surface area contributed by atoms with Crippen LogP contribution in [0.3, 0.4) is 0 Å². The molecule has 0 aromatic heterocycles. The van der Waals surface area contributed by atoms with Gasteiger partial charge in [0.1, 0.15) is 0 Å². The predicted molar refractivity (Wildman–Crippen MR) is 96.0 cm³/mol. The van der Waals surface area contributed by atoms with Gasteiger partial charge in [-0.3, -0.25) is 4.79 Å². The van der Waals surface area contributed by atoms with Gasteiger partial charge < -0.3 is 15.2 Å². The van der Waals surface area contributed by atoms with Crippen LogP contribution < -0.4 is 5.32 Å². The van der Waals surface area contributed by atoms with Crippen LogP contribution in [0, 0.1) is 0 Å². The largest absolute Gasteiger partial charge is 0.478 e. The number of carboxylic acid groups (broad SMARTS) is 1. The number of anilines is 1. The Bertz CT molecular complexity index is 775. The monoisotopic (exact) mass is 358 g/mol. The Morgan fingerprint density at radius 1 is 1.08 bits per heavy atom. The number of carbonyl (C=O) groups excluding carboxylic acids is 1. The average Bonchev–Trinajstić information content (AvgIpc) is 2.63. The number of carbonyl (C=O) groups is 2. The van der Waals surface area contributed by atoms with Gasteiger partial charge in [0.25, 0.3) is 5.91 Å². The van der Waals surface area contributed by atoms with Crippen molar-refractivity contribution >= 4 is 29.5 Å². The Morgan fingerprint density at radius 2 is 1.84 bits per heavy atom. The first-order valence-corrected chi connectivity index (χ1v) is 8.65. The topological polar surface area (TPSA) is 78.9 Å². The summed E-state index contributed by atoms with van der Waals surface area (Å²) in [5.74, 6) is -1.41. The van der Waals surface area contributed by atoms with E-state index in [2.05, 4.69) is 9.62 Å². The Kier molecular flexibility index (Phi) is 5.70. The molecule has 0 radical (unpaired) electrons. The first kappa shape index (κ1) is 17.5. The zero-order valence-electron chi connectivity index (χ0n) is 13.5. The lowest BCUT2D eigenvalue weighted by Gasteiger charge is -2.25. The molecule has 6 nitrogen and oxygen atoms in total. The molecule has 0 aliphatic carbocycles. The van der Waals surface area contributed by atoms with Gasteiger partial charge in [-0.2, -0.15) is 0 Å². The molecule has 0 spiro atoms. The quantitative estimate of drug-likeness (QED) is 0.800. The highest BCUT2D eigenvalue weighted by Gasteiger charge is 2.15. The number of benzene rings is 2. The van der Waals surface area contributed by atoms with Crippen molar-refractivity contribution in [2.45, 2.75) is 4.90 Å². The van der Waals surface area contributed by atoms with Crippen molar-refractivity contribution in [1.29, 1.82) is 0 Å². The van der Waals surface area contributed by atoms with Crippen molar-refractivity contribution in [3.63, 3.8) is 0 Å². The predicted octanol–water partition coefficient (Wildman–Crippen LogP) is 2.98. The minimum absolute atomic E-state index is 0.0645. The van der Waals surface area contributed by atoms with Crippen molar-refractivity contribution in [2.75, 3.05) is 31.6 Å². The van der Waals surface area contributed by atoms with E-state index in [9.17, 15) is 14.7 Å². The third-order valence-electron chi connectivity index (χ3n) is 3.71. The minimum Gasteiger partial charge on any atom is -0.478 e. The molecule has 2 N–H and O–H groups in total. The zero-order chi connectivity index (χ0) is 17.6. The van der Waals surface area contributed by atoms with Crippen LogP contribution in [0.25, 0.3) is 0 Å². The molecular weight excluding hydrogens is 340 g/mol. The molecule has 3 rings (SSSR count). The molecule has 7 heteroatoms. The lowest BCUT2D eigenvalue weighted by molar-refractivity contribution is 0.0698. The number of morpholine rings is 1. The van der Waals surface area contributed by atoms with E-state index >= 15 is 0 Å². The zero-order valence-corrected chi connectivity index (χ0v) is 14.3. The van der Waals surface area contributed by atoms with Gasteiger partial charge in [-0.05, 0) is 42.3 Å². The summed E-state index contributed by atoms with van der Waals surface area (Å²) in [6.07, 6.45) is 0. The van der Waals surface area contributed by atoms with Crippen LogP contribution in [-0.2, 0) is 4.74 Å². The van der Waals surface area contributed by atoms with Crippen molar-refractivity contribution in [2.24, 2.45) is 0 Å². The van der Waals surface area contributed by atoms with Crippen LogP contribution in [0.15, 0.2) is 53.4 Å². The van der Waals surface area contributed by atoms with Gasteiger partial charge in [0.15, 0.2) is 0 Å². The average molecular weight is 358 g/mol. The summed E-state index contributed by atoms with van der Waals surface area (Å²) in [4.78, 5) is 24.7. The van der Waals surface area contributed by atoms with E-state index in [0.717, 1.165) is 18.0 Å². The van der Waals surface area contributed by atoms with Crippen molar-refractivity contribution in [1.82, 2.24) is 4.31 Å². The van der Waals surface area contributed by atoms with Crippen molar-refractivity contribution in [3.8, 4) is 0 Å². The third kappa shape index (κ3) is 4.60. The van der Waals surface area contributed by atoms with E-state index in [0.29, 0.717) is 18.8 Å². The fourth-order valence-corrected chi connectivity index (χ4v) is 3.40. The maximum absolute atomic E-state index is 12.5. The molecule has 2 aromatic carbocycles. The number of nitrogens with one attached hydrogen (secondary N) is 1. The van der Waals surface area contributed by atoms with Crippen LogP contribution >= 0.6 is 11.9 Å². The summed E-state index contributed by atoms with van der Waals surface area (Å²) in [6.45, 7) is 3.10. The van der Waals surface area contributed by atoms with Crippen LogP contribution in [0.1, 0.15) is 20.7 Å². The first-order chi connectivity index (χ1) is 12.1. The second kappa shape index (κ2) is 8.15. The van der Waals surface area contributed by atoms with Crippen molar-refractivity contribution in [3.05, 3.63) is 59.7 Å². The molecule has 130 valence electrons. The molecule has 0 saturated carbocycles. The standard InChI is InChI=1S/C18H18N2O4S/c21-17(19-16-7-2-1-6-15(16)18(22)23)13-4-3-5-14(12-13)25-20-8-10-24-11-9-20/h1-7,12H,8-11H2,(H,19,21)(H,22,23). The summed E-state index contributed by atoms with van der Waals surface area (Å²) < 4.78 is 7.52. The van der Waals surface area contributed by atoms with Gasteiger partial charge in [-0.15, -0.1) is 0 Å². The molecule has 1 aliphatic rings. The molecule has 0 atom stereocenters. The van der Waals surface area contributed by atoms with Crippen LogP contribution in [0.2, 0.25) is 0 Å². The van der Waals surface area contributed by atoms with E-state index in [1.807, 2.05) is 12.1 Å². The number of aromatic carboxylic acids is 1. The van der Waals surface area contributed by atoms with E-state index in [1.165, 1.54) is 6.07 Å². The molecule has 25 heavy (non-hydrogen) atoms. The smallest absolute Gasteiger partial charge is 0.337 e. The highest BCUT2D eigenvalue weighted by molar-refractivity contribution is 7.97. The maximum Gasteiger partial charge on any atom is 0.337 e. The molecule has 0 bridgehead atoms. The van der Waals surface area contributed by atoms with Gasteiger partial charge in [0.05, 0.1) is 24.5 Å². The Morgan fingerprint density at radius 3 is 2.60 bits per heavy atom. The highest BCUT2D eigenvalue weighted by atomic mass is 32.2. The molecule has 0 unspecified atom stereocenters. The molecule has 2 aromatic rings. The summed E-state index contributed by atoms with van der Waals surface area (Å²) in [6, 6.07) is 13.6. The molecule has 1 saturated heterocycles. The Labute approximate surface area is 149 Å². The fraction of sp³-hybridized carbons (Fsp3) is 0.222. The SMILES string of the molecule is O=C(Nc1ccccc1C(=O)O)c1cccc(SN2CCOCC2)c1. The summed E-state index contributed by atoms with van der Waals surface area (Å²) in [5, 5.41) is 11.9. The van der Waals surface area contributed by atoms with Gasteiger partial charge in [-0.25, -0.2) is 9.10 Å². The van der Waals surface area contributed by atoms with Gasteiger partial charge in [0, 0.05) is 23.5 Å². The summed E-state index contributed by atoms with van der Waals surface area (Å²) in [7, 11) is 0. The number of ether oxygens (including phenoxy) is 1. The van der Waals surface area contributed by atoms with Crippen molar-refractivity contribution < 1.29 is 19.4 Å². The molecular formula is C18H18N2O4S. The highest BCUT2D eigenvalue weighted by Crippen LogP contribution is 2.25. The maximum atomic E-state index is 12.5. The fourth-order valence-electron chi connectivity index (χ4n) is 2.45. The van der Waals surface area contributed by atoms with E-state index < -0.39 is 5.97 Å². The van der Waals surface area contributed by atoms with Crippen LogP contribution in [0.5, 0.6) is 0 Å². The number of amides is 1. The lowest BCUT2D eigenvalue weighted by atomic mass is 10.1. The van der Waals surface area contributed by atoms with Crippen LogP contribution in [0.4, 0.5) is 5.69 Å². The molecule has 1 amide bonds. The first-order valence-electron chi connectivity index (χ1n) is 7.88. The Balaban J connectivity index is 1.72. The third-order valence-corrected chi connectivity index (χ3v) is 4.79. The molecule has 1 fully saturated rings. The molecule has 1 heterocycles. The number of nitrogens with zero attached hydrogens (tertiary/aromatic N) is 1. The van der Waals surface area contributed by atoms with E-state index in [-0.39, 0.29) is 17.2 Å². The Hall–Kier alpha value is -2.35. The lowest BCUT2D eigenvalue weighted by Crippen LogP contribution is -2.30. The van der Waals surface area contributed by atoms with E-state index in [4.69, 9.17) is 4.74 Å². The summed E-state index contributed by atoms with van der Waals surface area (Å²) >= 11 is 1.59. The van der Waals surface area contributed by atoms with Gasteiger partial charge in [-0.1, -0.05) is 18.2 Å². The number of hydrogen-bond acceptors (Lipinski definition) is 5. The van der Waals surface area contributed by atoms with Gasteiger partial charge in [0.2, 0.25) is 0 Å². The van der Waals surface area contributed by atoms with Gasteiger partial charge >= 0.3 is 5.97 Å². The number of hydrogen-bond donors (Lipinski definition) is 2. The summed E-state index contributed by atoms with van der Waals surface area (Å²) in [5.41, 5.74) is 0.833.